The van der Waals surface area contributed by atoms with E-state index in [1.165, 1.54) is 6.07 Å². The van der Waals surface area contributed by atoms with Crippen molar-refractivity contribution in [2.45, 2.75) is 20.0 Å². The maximum Gasteiger partial charge on any atom is 0.387 e. The fourth-order valence-corrected chi connectivity index (χ4v) is 2.32. The molecule has 2 rings (SSSR count). The lowest BCUT2D eigenvalue weighted by Crippen LogP contribution is -2.24. The van der Waals surface area contributed by atoms with Gasteiger partial charge in [0, 0.05) is 30.6 Å². The highest BCUT2D eigenvalue weighted by Gasteiger charge is 2.30. The molecule has 19 heavy (non-hydrogen) atoms. The number of hydrogen-bond donors (Lipinski definition) is 0. The maximum atomic E-state index is 12.3. The molecule has 1 fully saturated rings. The predicted molar refractivity (Wildman–Crippen MR) is 69.0 cm³/mol. The van der Waals surface area contributed by atoms with Gasteiger partial charge < -0.3 is 9.64 Å². The molecule has 6 heteroatoms. The van der Waals surface area contributed by atoms with Gasteiger partial charge in [-0.2, -0.15) is 8.78 Å². The molecule has 104 valence electrons. The summed E-state index contributed by atoms with van der Waals surface area (Å²) in [5.74, 6) is 0.566. The van der Waals surface area contributed by atoms with E-state index >= 15 is 0 Å². The summed E-state index contributed by atoms with van der Waals surface area (Å²) in [5.41, 5.74) is 1.17. The van der Waals surface area contributed by atoms with E-state index in [4.69, 9.17) is 11.6 Å². The van der Waals surface area contributed by atoms with Gasteiger partial charge in [0.25, 0.3) is 0 Å². The number of ether oxygens (including phenoxy) is 1. The Labute approximate surface area is 115 Å². The second-order valence-electron chi connectivity index (χ2n) is 4.56. The number of carbonyl (C=O) groups is 1. The summed E-state index contributed by atoms with van der Waals surface area (Å²) in [5, 5.41) is 0. The Balaban J connectivity index is 2.23. The molecule has 1 unspecified atom stereocenters. The molecule has 1 aliphatic heterocycles. The number of amides is 1. The number of carbonyl (C=O) groups excluding carboxylic acids is 1. The summed E-state index contributed by atoms with van der Waals surface area (Å²) in [6, 6.07) is 4.85. The van der Waals surface area contributed by atoms with E-state index in [9.17, 15) is 13.6 Å². The first kappa shape index (κ1) is 14.1. The van der Waals surface area contributed by atoms with Crippen LogP contribution in [0, 0.1) is 12.8 Å². The monoisotopic (exact) mass is 289 g/mol. The van der Waals surface area contributed by atoms with Gasteiger partial charge in [0.05, 0.1) is 0 Å². The van der Waals surface area contributed by atoms with Gasteiger partial charge in [-0.1, -0.05) is 6.07 Å². The summed E-state index contributed by atoms with van der Waals surface area (Å²) >= 11 is 5.75. The Hall–Kier alpha value is -1.36. The molecule has 1 saturated heterocycles. The Bertz CT molecular complexity index is 482. The first-order valence-corrected chi connectivity index (χ1v) is 6.46. The SMILES string of the molecule is Cc1ccc(N2CC(CCl)CC2=O)cc1OC(F)F. The van der Waals surface area contributed by atoms with Gasteiger partial charge >= 0.3 is 6.61 Å². The quantitative estimate of drug-likeness (QED) is 0.797. The van der Waals surface area contributed by atoms with Crippen LogP contribution in [-0.4, -0.2) is 24.9 Å². The van der Waals surface area contributed by atoms with E-state index in [2.05, 4.69) is 4.74 Å². The average Bonchev–Trinajstić information content (AvgIpc) is 2.73. The fraction of sp³-hybridized carbons (Fsp3) is 0.462. The number of rotatable bonds is 4. The summed E-state index contributed by atoms with van der Waals surface area (Å²) in [4.78, 5) is 13.4. The van der Waals surface area contributed by atoms with Crippen LogP contribution in [-0.2, 0) is 4.79 Å². The zero-order valence-corrected chi connectivity index (χ0v) is 11.2. The Morgan fingerprint density at radius 1 is 1.53 bits per heavy atom. The van der Waals surface area contributed by atoms with Gasteiger partial charge in [0.1, 0.15) is 5.75 Å². The number of aryl methyl sites for hydroxylation is 1. The molecule has 1 aromatic rings. The van der Waals surface area contributed by atoms with Gasteiger partial charge in [-0.25, -0.2) is 0 Å². The second kappa shape index (κ2) is 5.74. The van der Waals surface area contributed by atoms with Gasteiger partial charge in [-0.15, -0.1) is 11.6 Å². The number of halogens is 3. The third kappa shape index (κ3) is 3.15. The number of benzene rings is 1. The van der Waals surface area contributed by atoms with Crippen LogP contribution in [0.1, 0.15) is 12.0 Å². The van der Waals surface area contributed by atoms with Crippen LogP contribution >= 0.6 is 11.6 Å². The molecular formula is C13H14ClF2NO2. The van der Waals surface area contributed by atoms with Gasteiger partial charge in [-0.3, -0.25) is 4.79 Å². The maximum absolute atomic E-state index is 12.3. The molecule has 0 aromatic heterocycles. The van der Waals surface area contributed by atoms with E-state index in [0.29, 0.717) is 30.1 Å². The standard InChI is InChI=1S/C13H14ClF2NO2/c1-8-2-3-10(5-11(8)19-13(15)16)17-7-9(6-14)4-12(17)18/h2-3,5,9,13H,4,6-7H2,1H3. The lowest BCUT2D eigenvalue weighted by molar-refractivity contribution is -0.117. The van der Waals surface area contributed by atoms with Crippen LogP contribution < -0.4 is 9.64 Å². The van der Waals surface area contributed by atoms with Crippen molar-refractivity contribution in [3.8, 4) is 5.75 Å². The largest absolute Gasteiger partial charge is 0.434 e. The smallest absolute Gasteiger partial charge is 0.387 e. The number of hydrogen-bond acceptors (Lipinski definition) is 2. The van der Waals surface area contributed by atoms with Gasteiger partial charge in [-0.05, 0) is 24.5 Å². The normalized spacial score (nSPS) is 19.3. The zero-order chi connectivity index (χ0) is 14.0. The van der Waals surface area contributed by atoms with Crippen LogP contribution in [0.15, 0.2) is 18.2 Å². The van der Waals surface area contributed by atoms with Crippen molar-refractivity contribution >= 4 is 23.2 Å². The minimum atomic E-state index is -2.88. The summed E-state index contributed by atoms with van der Waals surface area (Å²) < 4.78 is 29.0. The molecule has 1 heterocycles. The van der Waals surface area contributed by atoms with E-state index in [0.717, 1.165) is 0 Å². The summed E-state index contributed by atoms with van der Waals surface area (Å²) in [6.45, 7) is -0.687. The molecule has 0 N–H and O–H groups in total. The summed E-state index contributed by atoms with van der Waals surface area (Å²) in [7, 11) is 0. The van der Waals surface area contributed by atoms with E-state index in [1.807, 2.05) is 0 Å². The molecule has 0 radical (unpaired) electrons. The minimum Gasteiger partial charge on any atom is -0.434 e. The number of alkyl halides is 3. The first-order chi connectivity index (χ1) is 9.01. The van der Waals surface area contributed by atoms with Crippen molar-refractivity contribution in [1.82, 2.24) is 0 Å². The van der Waals surface area contributed by atoms with Crippen molar-refractivity contribution < 1.29 is 18.3 Å². The third-order valence-electron chi connectivity index (χ3n) is 3.12. The fourth-order valence-electron chi connectivity index (χ4n) is 2.11. The highest BCUT2D eigenvalue weighted by atomic mass is 35.5. The van der Waals surface area contributed by atoms with Crippen LogP contribution in [0.2, 0.25) is 0 Å². The molecule has 0 saturated carbocycles. The Morgan fingerprint density at radius 2 is 2.26 bits per heavy atom. The molecular weight excluding hydrogens is 276 g/mol. The molecule has 1 aromatic carbocycles. The average molecular weight is 290 g/mol. The zero-order valence-electron chi connectivity index (χ0n) is 10.4. The molecule has 3 nitrogen and oxygen atoms in total. The second-order valence-corrected chi connectivity index (χ2v) is 4.87. The highest BCUT2D eigenvalue weighted by molar-refractivity contribution is 6.18. The van der Waals surface area contributed by atoms with Crippen LogP contribution in [0.3, 0.4) is 0 Å². The molecule has 0 aliphatic carbocycles. The molecule has 1 atom stereocenters. The van der Waals surface area contributed by atoms with Crippen LogP contribution in [0.25, 0.3) is 0 Å². The van der Waals surface area contributed by atoms with Crippen molar-refractivity contribution in [3.05, 3.63) is 23.8 Å². The predicted octanol–water partition coefficient (Wildman–Crippen LogP) is 3.19. The minimum absolute atomic E-state index is 0.0440. The highest BCUT2D eigenvalue weighted by Crippen LogP contribution is 2.31. The summed E-state index contributed by atoms with van der Waals surface area (Å²) in [6.07, 6.45) is 0.391. The lowest BCUT2D eigenvalue weighted by Gasteiger charge is -2.18. The van der Waals surface area contributed by atoms with E-state index < -0.39 is 6.61 Å². The van der Waals surface area contributed by atoms with Crippen molar-refractivity contribution in [1.29, 1.82) is 0 Å². The van der Waals surface area contributed by atoms with E-state index in [-0.39, 0.29) is 17.6 Å². The van der Waals surface area contributed by atoms with Crippen LogP contribution in [0.4, 0.5) is 14.5 Å². The first-order valence-electron chi connectivity index (χ1n) is 5.93. The molecule has 1 aliphatic rings. The van der Waals surface area contributed by atoms with Crippen molar-refractivity contribution in [3.63, 3.8) is 0 Å². The molecule has 1 amide bonds. The number of nitrogens with zero attached hydrogens (tertiary/aromatic N) is 1. The Kier molecular flexibility index (Phi) is 4.24. The van der Waals surface area contributed by atoms with E-state index in [1.54, 1.807) is 24.0 Å². The molecule has 0 bridgehead atoms. The topological polar surface area (TPSA) is 29.5 Å². The van der Waals surface area contributed by atoms with Crippen molar-refractivity contribution in [2.24, 2.45) is 5.92 Å². The van der Waals surface area contributed by atoms with Crippen molar-refractivity contribution in [2.75, 3.05) is 17.3 Å². The lowest BCUT2D eigenvalue weighted by atomic mass is 10.1. The van der Waals surface area contributed by atoms with Gasteiger partial charge in [0.15, 0.2) is 0 Å². The third-order valence-corrected chi connectivity index (χ3v) is 3.56. The van der Waals surface area contributed by atoms with Gasteiger partial charge in [0.2, 0.25) is 5.91 Å². The number of anilines is 1. The molecule has 0 spiro atoms. The Morgan fingerprint density at radius 3 is 2.84 bits per heavy atom. The van der Waals surface area contributed by atoms with Crippen LogP contribution in [0.5, 0.6) is 5.75 Å².